The fourth-order valence-corrected chi connectivity index (χ4v) is 2.01. The van der Waals surface area contributed by atoms with E-state index in [0.717, 1.165) is 6.26 Å². The highest BCUT2D eigenvalue weighted by Crippen LogP contribution is 2.18. The number of anilines is 1. The Labute approximate surface area is 96.0 Å². The second kappa shape index (κ2) is 4.99. The molecule has 0 aliphatic heterocycles. The second-order valence-corrected chi connectivity index (χ2v) is 5.38. The van der Waals surface area contributed by atoms with Crippen LogP contribution in [-0.2, 0) is 9.84 Å². The normalized spacial score (nSPS) is 12.8. The summed E-state index contributed by atoms with van der Waals surface area (Å²) >= 11 is 0. The minimum absolute atomic E-state index is 0.170. The van der Waals surface area contributed by atoms with Crippen molar-refractivity contribution in [3.05, 3.63) is 18.3 Å². The molecule has 0 radical (unpaired) electrons. The van der Waals surface area contributed by atoms with E-state index in [0.29, 0.717) is 12.2 Å². The van der Waals surface area contributed by atoms with Gasteiger partial charge in [0, 0.05) is 12.5 Å². The molecule has 0 aliphatic rings. The Morgan fingerprint density at radius 2 is 2.31 bits per heavy atom. The highest BCUT2D eigenvalue weighted by Gasteiger charge is 2.15. The standard InChI is InChI=1S/C11H14N2O2S/c1-4-9(5-2)13-11-10(16(3,14)15)7-6-8-12-11/h1,6-9H,5H2,2-3H3,(H,12,13). The van der Waals surface area contributed by atoms with Crippen molar-refractivity contribution in [2.45, 2.75) is 24.3 Å². The Kier molecular flexibility index (Phi) is 3.91. The van der Waals surface area contributed by atoms with E-state index < -0.39 is 9.84 Å². The molecule has 0 aromatic carbocycles. The van der Waals surface area contributed by atoms with Gasteiger partial charge in [0.25, 0.3) is 0 Å². The van der Waals surface area contributed by atoms with E-state index in [-0.39, 0.29) is 10.9 Å². The molecule has 0 amide bonds. The minimum atomic E-state index is -3.29. The van der Waals surface area contributed by atoms with Crippen molar-refractivity contribution < 1.29 is 8.42 Å². The Morgan fingerprint density at radius 3 is 2.81 bits per heavy atom. The predicted octanol–water partition coefficient (Wildman–Crippen LogP) is 1.31. The summed E-state index contributed by atoms with van der Waals surface area (Å²) in [5.74, 6) is 2.85. The van der Waals surface area contributed by atoms with Crippen LogP contribution in [0.1, 0.15) is 13.3 Å². The summed E-state index contributed by atoms with van der Waals surface area (Å²) in [7, 11) is -3.29. The molecule has 1 unspecified atom stereocenters. The minimum Gasteiger partial charge on any atom is -0.355 e. The lowest BCUT2D eigenvalue weighted by molar-refractivity contribution is 0.601. The summed E-state index contributed by atoms with van der Waals surface area (Å²) in [4.78, 5) is 4.17. The zero-order valence-electron chi connectivity index (χ0n) is 9.27. The molecule has 5 heteroatoms. The second-order valence-electron chi connectivity index (χ2n) is 3.39. The summed E-state index contributed by atoms with van der Waals surface area (Å²) in [6.07, 6.45) is 8.68. The summed E-state index contributed by atoms with van der Waals surface area (Å²) in [5.41, 5.74) is 0. The predicted molar refractivity (Wildman–Crippen MR) is 63.9 cm³/mol. The van der Waals surface area contributed by atoms with E-state index >= 15 is 0 Å². The van der Waals surface area contributed by atoms with Crippen LogP contribution in [0.15, 0.2) is 23.2 Å². The Balaban J connectivity index is 3.11. The van der Waals surface area contributed by atoms with Gasteiger partial charge in [-0.15, -0.1) is 6.42 Å². The molecular weight excluding hydrogens is 224 g/mol. The maximum Gasteiger partial charge on any atom is 0.179 e. The molecule has 4 nitrogen and oxygen atoms in total. The van der Waals surface area contributed by atoms with Gasteiger partial charge in [-0.2, -0.15) is 0 Å². The number of terminal acetylenes is 1. The molecule has 1 aromatic rings. The van der Waals surface area contributed by atoms with E-state index in [1.54, 1.807) is 6.07 Å². The Bertz CT molecular complexity index is 503. The zero-order chi connectivity index (χ0) is 12.2. The number of hydrogen-bond donors (Lipinski definition) is 1. The third-order valence-corrected chi connectivity index (χ3v) is 3.22. The monoisotopic (exact) mass is 238 g/mol. The molecule has 1 heterocycles. The van der Waals surface area contributed by atoms with Crippen LogP contribution in [0.3, 0.4) is 0 Å². The van der Waals surface area contributed by atoms with Crippen LogP contribution < -0.4 is 5.32 Å². The first-order valence-corrected chi connectivity index (χ1v) is 6.76. The van der Waals surface area contributed by atoms with Crippen molar-refractivity contribution in [2.75, 3.05) is 11.6 Å². The third-order valence-electron chi connectivity index (χ3n) is 2.09. The fourth-order valence-electron chi connectivity index (χ4n) is 1.22. The van der Waals surface area contributed by atoms with E-state index in [9.17, 15) is 8.42 Å². The largest absolute Gasteiger partial charge is 0.355 e. The van der Waals surface area contributed by atoms with Crippen molar-refractivity contribution in [1.29, 1.82) is 0 Å². The van der Waals surface area contributed by atoms with Crippen molar-refractivity contribution in [1.82, 2.24) is 4.98 Å². The van der Waals surface area contributed by atoms with Gasteiger partial charge in [-0.25, -0.2) is 13.4 Å². The molecule has 16 heavy (non-hydrogen) atoms. The quantitative estimate of drug-likeness (QED) is 0.803. The topological polar surface area (TPSA) is 59.1 Å². The number of hydrogen-bond acceptors (Lipinski definition) is 4. The summed E-state index contributed by atoms with van der Waals surface area (Å²) < 4.78 is 23.0. The van der Waals surface area contributed by atoms with Crippen molar-refractivity contribution in [3.63, 3.8) is 0 Å². The van der Waals surface area contributed by atoms with Crippen LogP contribution in [0.2, 0.25) is 0 Å². The molecule has 86 valence electrons. The number of sulfone groups is 1. The van der Waals surface area contributed by atoms with Crippen LogP contribution in [0.5, 0.6) is 0 Å². The SMILES string of the molecule is C#CC(CC)Nc1ncccc1S(C)(=O)=O. The van der Waals surface area contributed by atoms with Crippen LogP contribution in [0.25, 0.3) is 0 Å². The molecule has 1 rings (SSSR count). The first-order chi connectivity index (χ1) is 7.49. The van der Waals surface area contributed by atoms with E-state index in [1.165, 1.54) is 12.3 Å². The highest BCUT2D eigenvalue weighted by molar-refractivity contribution is 7.90. The van der Waals surface area contributed by atoms with Gasteiger partial charge in [0.05, 0.1) is 6.04 Å². The molecule has 1 atom stereocenters. The molecule has 1 aromatic heterocycles. The number of nitrogens with zero attached hydrogens (tertiary/aromatic N) is 1. The van der Waals surface area contributed by atoms with E-state index in [2.05, 4.69) is 16.2 Å². The lowest BCUT2D eigenvalue weighted by Crippen LogP contribution is -2.18. The maximum atomic E-state index is 11.5. The van der Waals surface area contributed by atoms with Gasteiger partial charge < -0.3 is 5.32 Å². The highest BCUT2D eigenvalue weighted by atomic mass is 32.2. The lowest BCUT2D eigenvalue weighted by atomic mass is 10.2. The number of rotatable bonds is 4. The van der Waals surface area contributed by atoms with Crippen LogP contribution >= 0.6 is 0 Å². The number of nitrogens with one attached hydrogen (secondary N) is 1. The van der Waals surface area contributed by atoms with Crippen molar-refractivity contribution in [2.24, 2.45) is 0 Å². The average Bonchev–Trinajstić information content (AvgIpc) is 2.25. The average molecular weight is 238 g/mol. The summed E-state index contributed by atoms with van der Waals surface area (Å²) in [6, 6.07) is 2.88. The van der Waals surface area contributed by atoms with Gasteiger partial charge >= 0.3 is 0 Å². The Morgan fingerprint density at radius 1 is 1.62 bits per heavy atom. The molecule has 0 saturated heterocycles. The van der Waals surface area contributed by atoms with E-state index in [1.807, 2.05) is 6.92 Å². The van der Waals surface area contributed by atoms with Gasteiger partial charge in [0.2, 0.25) is 0 Å². The Hall–Kier alpha value is -1.54. The van der Waals surface area contributed by atoms with Crippen LogP contribution in [0, 0.1) is 12.3 Å². The molecule has 0 bridgehead atoms. The maximum absolute atomic E-state index is 11.5. The first-order valence-electron chi connectivity index (χ1n) is 4.86. The summed E-state index contributed by atoms with van der Waals surface area (Å²) in [5, 5.41) is 2.93. The number of aromatic nitrogens is 1. The molecular formula is C11H14N2O2S. The van der Waals surface area contributed by atoms with Gasteiger partial charge in [-0.05, 0) is 18.6 Å². The van der Waals surface area contributed by atoms with Crippen LogP contribution in [-0.4, -0.2) is 25.7 Å². The fraction of sp³-hybridized carbons (Fsp3) is 0.364. The molecule has 1 N–H and O–H groups in total. The zero-order valence-corrected chi connectivity index (χ0v) is 10.1. The molecule has 0 spiro atoms. The van der Waals surface area contributed by atoms with E-state index in [4.69, 9.17) is 6.42 Å². The van der Waals surface area contributed by atoms with Crippen LogP contribution in [0.4, 0.5) is 5.82 Å². The molecule has 0 aliphatic carbocycles. The van der Waals surface area contributed by atoms with Gasteiger partial charge in [-0.1, -0.05) is 12.8 Å². The smallest absolute Gasteiger partial charge is 0.179 e. The van der Waals surface area contributed by atoms with Gasteiger partial charge in [-0.3, -0.25) is 0 Å². The first kappa shape index (κ1) is 12.5. The lowest BCUT2D eigenvalue weighted by Gasteiger charge is -2.13. The molecule has 0 fully saturated rings. The number of pyridine rings is 1. The molecule has 0 saturated carbocycles. The van der Waals surface area contributed by atoms with Crippen molar-refractivity contribution in [3.8, 4) is 12.3 Å². The third kappa shape index (κ3) is 2.97. The van der Waals surface area contributed by atoms with Gasteiger partial charge in [0.1, 0.15) is 10.7 Å². The van der Waals surface area contributed by atoms with Crippen molar-refractivity contribution >= 4 is 15.7 Å². The van der Waals surface area contributed by atoms with Gasteiger partial charge in [0.15, 0.2) is 9.84 Å². The summed E-state index contributed by atoms with van der Waals surface area (Å²) in [6.45, 7) is 1.92.